The molecule has 1 N–H and O–H groups in total. The van der Waals surface area contributed by atoms with Crippen molar-refractivity contribution in [2.24, 2.45) is 5.92 Å². The third kappa shape index (κ3) is 4.14. The molecule has 142 valence electrons. The molecule has 5 heteroatoms. The van der Waals surface area contributed by atoms with Gasteiger partial charge in [0.05, 0.1) is 6.20 Å². The molecular formula is C22H26N2O3. The van der Waals surface area contributed by atoms with E-state index in [-0.39, 0.29) is 6.04 Å². The number of pyridine rings is 1. The van der Waals surface area contributed by atoms with Gasteiger partial charge in [0.25, 0.3) is 0 Å². The average Bonchev–Trinajstić information content (AvgIpc) is 3.06. The number of likely N-dealkylation sites (tertiary alicyclic amines) is 1. The number of ether oxygens (including phenoxy) is 1. The smallest absolute Gasteiger partial charge is 0.320 e. The summed E-state index contributed by atoms with van der Waals surface area (Å²) < 4.78 is 5.88. The number of carboxylic acid groups (broad SMARTS) is 1. The number of carboxylic acids is 1. The van der Waals surface area contributed by atoms with Crippen molar-refractivity contribution in [1.29, 1.82) is 0 Å². The van der Waals surface area contributed by atoms with Crippen molar-refractivity contribution in [1.82, 2.24) is 9.88 Å². The average molecular weight is 366 g/mol. The van der Waals surface area contributed by atoms with Crippen molar-refractivity contribution in [3.63, 3.8) is 0 Å². The van der Waals surface area contributed by atoms with Crippen molar-refractivity contribution in [2.75, 3.05) is 0 Å². The number of nitrogens with zero attached hydrogens (tertiary/aromatic N) is 2. The van der Waals surface area contributed by atoms with Gasteiger partial charge in [0.1, 0.15) is 18.4 Å². The summed E-state index contributed by atoms with van der Waals surface area (Å²) in [6.07, 6.45) is 9.00. The first-order valence-electron chi connectivity index (χ1n) is 9.80. The summed E-state index contributed by atoms with van der Waals surface area (Å²) in [6.45, 7) is 1.12. The predicted octanol–water partition coefficient (Wildman–Crippen LogP) is 3.88. The second-order valence-corrected chi connectivity index (χ2v) is 7.68. The largest absolute Gasteiger partial charge is 0.487 e. The van der Waals surface area contributed by atoms with Gasteiger partial charge in [0.15, 0.2) is 0 Å². The van der Waals surface area contributed by atoms with Crippen LogP contribution in [0.2, 0.25) is 0 Å². The molecule has 2 aliphatic rings. The first-order valence-corrected chi connectivity index (χ1v) is 9.80. The fourth-order valence-electron chi connectivity index (χ4n) is 4.60. The Balaban J connectivity index is 1.45. The van der Waals surface area contributed by atoms with Crippen LogP contribution in [0.1, 0.15) is 43.2 Å². The fourth-order valence-corrected chi connectivity index (χ4v) is 4.60. The van der Waals surface area contributed by atoms with Gasteiger partial charge in [-0.2, -0.15) is 0 Å². The lowest BCUT2D eigenvalue weighted by atomic mass is 9.84. The van der Waals surface area contributed by atoms with Gasteiger partial charge in [0.2, 0.25) is 0 Å². The van der Waals surface area contributed by atoms with Crippen molar-refractivity contribution < 1.29 is 14.6 Å². The monoisotopic (exact) mass is 366 g/mol. The minimum atomic E-state index is -0.700. The second-order valence-electron chi connectivity index (χ2n) is 7.68. The molecule has 27 heavy (non-hydrogen) atoms. The summed E-state index contributed by atoms with van der Waals surface area (Å²) in [6, 6.07) is 12.0. The van der Waals surface area contributed by atoms with E-state index in [4.69, 9.17) is 4.74 Å². The molecule has 0 radical (unpaired) electrons. The molecule has 5 nitrogen and oxygen atoms in total. The number of carbonyl (C=O) groups is 1. The minimum Gasteiger partial charge on any atom is -0.487 e. The van der Waals surface area contributed by atoms with Crippen LogP contribution in [-0.2, 0) is 17.9 Å². The van der Waals surface area contributed by atoms with E-state index in [1.807, 2.05) is 42.6 Å². The van der Waals surface area contributed by atoms with Crippen LogP contribution in [0.15, 0.2) is 48.8 Å². The van der Waals surface area contributed by atoms with E-state index >= 15 is 0 Å². The van der Waals surface area contributed by atoms with Crippen LogP contribution >= 0.6 is 0 Å². The van der Waals surface area contributed by atoms with Crippen molar-refractivity contribution in [3.8, 4) is 5.75 Å². The first-order chi connectivity index (χ1) is 13.2. The number of benzene rings is 1. The lowest BCUT2D eigenvalue weighted by Gasteiger charge is -2.33. The van der Waals surface area contributed by atoms with Crippen LogP contribution in [0.5, 0.6) is 5.75 Å². The second kappa shape index (κ2) is 8.09. The molecule has 3 atom stereocenters. The van der Waals surface area contributed by atoms with Gasteiger partial charge in [-0.1, -0.05) is 43.2 Å². The Hall–Kier alpha value is -2.40. The van der Waals surface area contributed by atoms with Crippen LogP contribution in [0.3, 0.4) is 0 Å². The Kier molecular flexibility index (Phi) is 5.39. The molecule has 4 rings (SSSR count). The number of aliphatic carboxylic acids is 1. The number of hydrogen-bond donors (Lipinski definition) is 1. The molecule has 1 aliphatic heterocycles. The Bertz CT molecular complexity index is 780. The number of hydrogen-bond acceptors (Lipinski definition) is 4. The molecule has 0 amide bonds. The zero-order valence-corrected chi connectivity index (χ0v) is 15.5. The van der Waals surface area contributed by atoms with E-state index in [0.29, 0.717) is 25.1 Å². The van der Waals surface area contributed by atoms with Crippen molar-refractivity contribution >= 4 is 5.97 Å². The number of fused-ring (bicyclic) bond motifs is 1. The van der Waals surface area contributed by atoms with E-state index in [0.717, 1.165) is 36.1 Å². The predicted molar refractivity (Wildman–Crippen MR) is 102 cm³/mol. The van der Waals surface area contributed by atoms with Crippen molar-refractivity contribution in [3.05, 3.63) is 59.9 Å². The van der Waals surface area contributed by atoms with E-state index < -0.39 is 5.97 Å². The molecule has 1 aromatic carbocycles. The van der Waals surface area contributed by atoms with Crippen LogP contribution in [-0.4, -0.2) is 33.0 Å². The Labute approximate surface area is 160 Å². The zero-order valence-electron chi connectivity index (χ0n) is 15.5. The fraction of sp³-hybridized carbons (Fsp3) is 0.455. The summed E-state index contributed by atoms with van der Waals surface area (Å²) in [4.78, 5) is 18.3. The van der Waals surface area contributed by atoms with Crippen LogP contribution in [0, 0.1) is 5.92 Å². The van der Waals surface area contributed by atoms with E-state index in [9.17, 15) is 9.90 Å². The number of rotatable bonds is 6. The maximum absolute atomic E-state index is 11.8. The number of aromatic nitrogens is 1. The van der Waals surface area contributed by atoms with E-state index in [1.165, 1.54) is 12.8 Å². The standard InChI is InChI=1S/C22H26N2O3/c25-22(26)21-11-18-8-4-5-9-20(18)24(21)14-17-10-19(13-23-12-17)27-15-16-6-2-1-3-7-16/h1-3,6-7,10,12-13,18,20-21H,4-5,8-9,11,14-15H2,(H,25,26). The normalized spacial score (nSPS) is 25.1. The highest BCUT2D eigenvalue weighted by Crippen LogP contribution is 2.40. The molecule has 1 aromatic heterocycles. The molecule has 0 spiro atoms. The third-order valence-electron chi connectivity index (χ3n) is 5.89. The summed E-state index contributed by atoms with van der Waals surface area (Å²) >= 11 is 0. The van der Waals surface area contributed by atoms with Gasteiger partial charge < -0.3 is 9.84 Å². The van der Waals surface area contributed by atoms with Gasteiger partial charge in [-0.15, -0.1) is 0 Å². The third-order valence-corrected chi connectivity index (χ3v) is 5.89. The lowest BCUT2D eigenvalue weighted by Crippen LogP contribution is -2.41. The summed E-state index contributed by atoms with van der Waals surface area (Å²) in [5.74, 6) is 0.543. The molecule has 3 unspecified atom stereocenters. The Morgan fingerprint density at radius 1 is 1.15 bits per heavy atom. The van der Waals surface area contributed by atoms with Gasteiger partial charge >= 0.3 is 5.97 Å². The molecule has 0 bridgehead atoms. The zero-order chi connectivity index (χ0) is 18.6. The minimum absolute atomic E-state index is 0.382. The van der Waals surface area contributed by atoms with Gasteiger partial charge in [-0.25, -0.2) is 0 Å². The van der Waals surface area contributed by atoms with E-state index in [1.54, 1.807) is 6.20 Å². The van der Waals surface area contributed by atoms with Gasteiger partial charge in [-0.05, 0) is 42.4 Å². The van der Waals surface area contributed by atoms with Crippen molar-refractivity contribution in [2.45, 2.75) is 57.3 Å². The molecule has 1 saturated carbocycles. The lowest BCUT2D eigenvalue weighted by molar-refractivity contribution is -0.142. The highest BCUT2D eigenvalue weighted by atomic mass is 16.5. The van der Waals surface area contributed by atoms with Gasteiger partial charge in [-0.3, -0.25) is 14.7 Å². The molecule has 2 fully saturated rings. The Morgan fingerprint density at radius 3 is 2.78 bits per heavy atom. The molecular weight excluding hydrogens is 340 g/mol. The quantitative estimate of drug-likeness (QED) is 0.841. The highest BCUT2D eigenvalue weighted by molar-refractivity contribution is 5.74. The molecule has 1 saturated heterocycles. The van der Waals surface area contributed by atoms with Gasteiger partial charge in [0, 0.05) is 18.8 Å². The van der Waals surface area contributed by atoms with E-state index in [2.05, 4.69) is 9.88 Å². The van der Waals surface area contributed by atoms with Crippen LogP contribution in [0.25, 0.3) is 0 Å². The molecule has 1 aliphatic carbocycles. The van der Waals surface area contributed by atoms with Crippen LogP contribution in [0.4, 0.5) is 0 Å². The maximum atomic E-state index is 11.8. The SMILES string of the molecule is O=C(O)C1CC2CCCCC2N1Cc1cncc(OCc2ccccc2)c1. The molecule has 2 heterocycles. The van der Waals surface area contributed by atoms with Crippen LogP contribution < -0.4 is 4.74 Å². The first kappa shape index (κ1) is 18.0. The summed E-state index contributed by atoms with van der Waals surface area (Å²) in [7, 11) is 0. The highest BCUT2D eigenvalue weighted by Gasteiger charge is 2.44. The molecule has 2 aromatic rings. The summed E-state index contributed by atoms with van der Waals surface area (Å²) in [5, 5.41) is 9.69. The Morgan fingerprint density at radius 2 is 1.96 bits per heavy atom. The maximum Gasteiger partial charge on any atom is 0.320 e. The topological polar surface area (TPSA) is 62.7 Å². The summed E-state index contributed by atoms with van der Waals surface area (Å²) in [5.41, 5.74) is 2.12.